The molecule has 2 heterocycles. The van der Waals surface area contributed by atoms with Crippen molar-refractivity contribution in [2.45, 2.75) is 13.5 Å². The first-order chi connectivity index (χ1) is 13.1. The van der Waals surface area contributed by atoms with Crippen LogP contribution in [-0.2, 0) is 11.3 Å². The van der Waals surface area contributed by atoms with Crippen LogP contribution in [0.1, 0.15) is 16.6 Å². The molecule has 27 heavy (non-hydrogen) atoms. The van der Waals surface area contributed by atoms with Crippen molar-refractivity contribution in [3.63, 3.8) is 0 Å². The fourth-order valence-electron chi connectivity index (χ4n) is 2.57. The molecule has 0 spiro atoms. The molecule has 144 valence electrons. The van der Waals surface area contributed by atoms with Gasteiger partial charge in [0.15, 0.2) is 16.3 Å². The number of hydrogen-bond acceptors (Lipinski definition) is 6. The molecule has 0 unspecified atom stereocenters. The number of thiazole rings is 1. The van der Waals surface area contributed by atoms with E-state index in [1.807, 2.05) is 23.6 Å². The lowest BCUT2D eigenvalue weighted by molar-refractivity contribution is 0.100. The van der Waals surface area contributed by atoms with Gasteiger partial charge in [0, 0.05) is 25.3 Å². The molecule has 2 aromatic heterocycles. The van der Waals surface area contributed by atoms with Gasteiger partial charge in [0.05, 0.1) is 40.3 Å². The molecule has 0 N–H and O–H groups in total. The first kappa shape index (κ1) is 19.9. The summed E-state index contributed by atoms with van der Waals surface area (Å²) in [6.45, 7) is 3.65. The number of fused-ring (bicyclic) bond motifs is 1. The Balaban J connectivity index is 2.12. The van der Waals surface area contributed by atoms with Crippen molar-refractivity contribution >= 4 is 50.4 Å². The lowest BCUT2D eigenvalue weighted by Crippen LogP contribution is -2.19. The number of thiophene rings is 1. The number of rotatable bonds is 7. The number of carbonyl (C=O) groups is 1. The molecule has 0 atom stereocenters. The van der Waals surface area contributed by atoms with Gasteiger partial charge < -0.3 is 18.8 Å². The van der Waals surface area contributed by atoms with Crippen LogP contribution >= 0.6 is 34.3 Å². The van der Waals surface area contributed by atoms with Crippen molar-refractivity contribution in [1.29, 1.82) is 0 Å². The van der Waals surface area contributed by atoms with Gasteiger partial charge in [-0.05, 0) is 19.1 Å². The lowest BCUT2D eigenvalue weighted by Gasteiger charge is -2.09. The number of nitrogens with zero attached hydrogens (tertiary/aromatic N) is 2. The average Bonchev–Trinajstić information content (AvgIpc) is 3.24. The van der Waals surface area contributed by atoms with Gasteiger partial charge in [0.1, 0.15) is 0 Å². The fourth-order valence-corrected chi connectivity index (χ4v) is 4.56. The maximum absolute atomic E-state index is 12.5. The van der Waals surface area contributed by atoms with Crippen LogP contribution in [0.4, 0.5) is 0 Å². The summed E-state index contributed by atoms with van der Waals surface area (Å²) in [5, 5.41) is 0. The van der Waals surface area contributed by atoms with Crippen molar-refractivity contribution < 1.29 is 19.0 Å². The van der Waals surface area contributed by atoms with Gasteiger partial charge in [-0.2, -0.15) is 4.99 Å². The third-order valence-electron chi connectivity index (χ3n) is 3.83. The lowest BCUT2D eigenvalue weighted by atomic mass is 10.3. The van der Waals surface area contributed by atoms with Gasteiger partial charge in [-0.1, -0.05) is 22.9 Å². The molecule has 0 fully saturated rings. The molecule has 0 aliphatic carbocycles. The average molecular weight is 427 g/mol. The molecule has 1 aromatic carbocycles. The second-order valence-electron chi connectivity index (χ2n) is 5.43. The predicted molar refractivity (Wildman–Crippen MR) is 109 cm³/mol. The topological polar surface area (TPSA) is 62.1 Å². The number of methoxy groups -OCH3 is 2. The second kappa shape index (κ2) is 8.88. The standard InChI is InChI=1S/C18H19ClN2O4S2/c1-4-25-8-7-21-11-9-12(23-2)13(24-3)10-15(11)27-18(21)20-17(22)14-5-6-16(19)26-14/h5-6,9-10H,4,7-8H2,1-3H3. The van der Waals surface area contributed by atoms with E-state index in [0.29, 0.717) is 45.3 Å². The highest BCUT2D eigenvalue weighted by molar-refractivity contribution is 7.18. The highest BCUT2D eigenvalue weighted by Gasteiger charge is 2.14. The van der Waals surface area contributed by atoms with Crippen LogP contribution in [0.25, 0.3) is 10.2 Å². The molecular weight excluding hydrogens is 408 g/mol. The van der Waals surface area contributed by atoms with E-state index < -0.39 is 0 Å². The normalized spacial score (nSPS) is 11.9. The van der Waals surface area contributed by atoms with Crippen molar-refractivity contribution in [2.75, 3.05) is 27.4 Å². The molecule has 1 amide bonds. The van der Waals surface area contributed by atoms with Crippen molar-refractivity contribution in [1.82, 2.24) is 4.57 Å². The number of amides is 1. The SMILES string of the molecule is CCOCCn1c(=NC(=O)c2ccc(Cl)s2)sc2cc(OC)c(OC)cc21. The summed E-state index contributed by atoms with van der Waals surface area (Å²) in [7, 11) is 3.19. The van der Waals surface area contributed by atoms with E-state index in [0.717, 1.165) is 10.2 Å². The van der Waals surface area contributed by atoms with E-state index >= 15 is 0 Å². The summed E-state index contributed by atoms with van der Waals surface area (Å²) in [6, 6.07) is 7.16. The van der Waals surface area contributed by atoms with Gasteiger partial charge >= 0.3 is 0 Å². The van der Waals surface area contributed by atoms with E-state index in [2.05, 4.69) is 4.99 Å². The van der Waals surface area contributed by atoms with Crippen LogP contribution in [-0.4, -0.2) is 37.9 Å². The number of carbonyl (C=O) groups excluding carboxylic acids is 1. The van der Waals surface area contributed by atoms with Crippen LogP contribution in [0.3, 0.4) is 0 Å². The van der Waals surface area contributed by atoms with Crippen molar-refractivity contribution in [3.8, 4) is 11.5 Å². The number of aromatic nitrogens is 1. The summed E-state index contributed by atoms with van der Waals surface area (Å²) < 4.78 is 19.8. The Bertz CT molecular complexity index is 1020. The number of benzene rings is 1. The summed E-state index contributed by atoms with van der Waals surface area (Å²) in [4.78, 5) is 18.0. The first-order valence-corrected chi connectivity index (χ1v) is 10.3. The minimum atomic E-state index is -0.317. The monoisotopic (exact) mass is 426 g/mol. The summed E-state index contributed by atoms with van der Waals surface area (Å²) >= 11 is 8.56. The molecule has 3 aromatic rings. The molecule has 0 aliphatic heterocycles. The molecule has 0 bridgehead atoms. The third kappa shape index (κ3) is 4.35. The molecule has 6 nitrogen and oxygen atoms in total. The van der Waals surface area contributed by atoms with Gasteiger partial charge in [0.25, 0.3) is 5.91 Å². The Hall–Kier alpha value is -1.87. The Labute approximate surface area is 169 Å². The number of hydrogen-bond donors (Lipinski definition) is 0. The van der Waals surface area contributed by atoms with Gasteiger partial charge in [-0.25, -0.2) is 0 Å². The first-order valence-electron chi connectivity index (χ1n) is 8.24. The smallest absolute Gasteiger partial charge is 0.289 e. The molecule has 0 saturated heterocycles. The zero-order chi connectivity index (χ0) is 19.4. The molecule has 3 rings (SSSR count). The Morgan fingerprint density at radius 2 is 1.93 bits per heavy atom. The number of ether oxygens (including phenoxy) is 3. The van der Waals surface area contributed by atoms with E-state index in [-0.39, 0.29) is 5.91 Å². The summed E-state index contributed by atoms with van der Waals surface area (Å²) in [6.07, 6.45) is 0. The van der Waals surface area contributed by atoms with Crippen LogP contribution in [0.15, 0.2) is 29.3 Å². The highest BCUT2D eigenvalue weighted by atomic mass is 35.5. The van der Waals surface area contributed by atoms with Gasteiger partial charge in [0.2, 0.25) is 0 Å². The minimum Gasteiger partial charge on any atom is -0.493 e. The van der Waals surface area contributed by atoms with Gasteiger partial charge in [-0.15, -0.1) is 11.3 Å². The van der Waals surface area contributed by atoms with Crippen molar-refractivity contribution in [3.05, 3.63) is 38.3 Å². The zero-order valence-electron chi connectivity index (χ0n) is 15.2. The van der Waals surface area contributed by atoms with Gasteiger partial charge in [-0.3, -0.25) is 4.79 Å². The highest BCUT2D eigenvalue weighted by Crippen LogP contribution is 2.33. The van der Waals surface area contributed by atoms with E-state index in [1.54, 1.807) is 26.4 Å². The van der Waals surface area contributed by atoms with Crippen LogP contribution in [0, 0.1) is 0 Å². The summed E-state index contributed by atoms with van der Waals surface area (Å²) in [5.74, 6) is 0.935. The van der Waals surface area contributed by atoms with E-state index in [4.69, 9.17) is 25.8 Å². The molecule has 0 saturated carbocycles. The Morgan fingerprint density at radius 1 is 1.19 bits per heavy atom. The fraction of sp³-hybridized carbons (Fsp3) is 0.333. The van der Waals surface area contributed by atoms with Crippen molar-refractivity contribution in [2.24, 2.45) is 4.99 Å². The Kier molecular flexibility index (Phi) is 6.54. The van der Waals surface area contributed by atoms with E-state index in [9.17, 15) is 4.79 Å². The van der Waals surface area contributed by atoms with Crippen LogP contribution in [0.2, 0.25) is 4.34 Å². The zero-order valence-corrected chi connectivity index (χ0v) is 17.5. The van der Waals surface area contributed by atoms with E-state index in [1.165, 1.54) is 22.7 Å². The maximum atomic E-state index is 12.5. The summed E-state index contributed by atoms with van der Waals surface area (Å²) in [5.41, 5.74) is 0.910. The predicted octanol–water partition coefficient (Wildman–Crippen LogP) is 4.21. The Morgan fingerprint density at radius 3 is 2.56 bits per heavy atom. The molecule has 0 radical (unpaired) electrons. The molecule has 9 heteroatoms. The molecular formula is C18H19ClN2O4S2. The maximum Gasteiger partial charge on any atom is 0.289 e. The second-order valence-corrected chi connectivity index (χ2v) is 8.15. The van der Waals surface area contributed by atoms with Crippen LogP contribution in [0.5, 0.6) is 11.5 Å². The minimum absolute atomic E-state index is 0.317. The third-order valence-corrected chi connectivity index (χ3v) is 6.09. The quantitative estimate of drug-likeness (QED) is 0.531. The largest absolute Gasteiger partial charge is 0.493 e. The number of halogens is 1. The van der Waals surface area contributed by atoms with Crippen LogP contribution < -0.4 is 14.3 Å². The molecule has 0 aliphatic rings.